The number of esters is 1. The summed E-state index contributed by atoms with van der Waals surface area (Å²) in [6.07, 6.45) is 7.93. The lowest BCUT2D eigenvalue weighted by molar-refractivity contribution is -0.201. The molecule has 208 valence electrons. The van der Waals surface area contributed by atoms with Gasteiger partial charge in [0, 0.05) is 13.2 Å². The summed E-state index contributed by atoms with van der Waals surface area (Å²) in [6, 6.07) is 10.1. The van der Waals surface area contributed by atoms with Gasteiger partial charge in [-0.15, -0.1) is 0 Å². The summed E-state index contributed by atoms with van der Waals surface area (Å²) >= 11 is 0. The molecule has 9 heteroatoms. The van der Waals surface area contributed by atoms with E-state index >= 15 is 0 Å². The van der Waals surface area contributed by atoms with Gasteiger partial charge in [0.25, 0.3) is 10.1 Å². The molecule has 0 N–H and O–H groups in total. The highest BCUT2D eigenvalue weighted by Gasteiger charge is 2.58. The van der Waals surface area contributed by atoms with Gasteiger partial charge in [-0.2, -0.15) is 8.42 Å². The van der Waals surface area contributed by atoms with Crippen LogP contribution in [0.2, 0.25) is 0 Å². The van der Waals surface area contributed by atoms with Crippen LogP contribution in [-0.4, -0.2) is 59.5 Å². The molecular weight excluding hydrogens is 496 g/mol. The number of carbonyl (C=O) groups excluding carboxylic acids is 1. The average Bonchev–Trinajstić information content (AvgIpc) is 3.38. The Kier molecular flexibility index (Phi) is 10.4. The number of unbranched alkanes of at least 4 members (excludes halogenated alkanes) is 2. The topological polar surface area (TPSA) is 97.4 Å². The van der Waals surface area contributed by atoms with E-state index in [-0.39, 0.29) is 36.1 Å². The molecule has 1 saturated heterocycles. The fraction of sp³-hybridized carbons (Fsp3) is 0.750. The second-order valence-corrected chi connectivity index (χ2v) is 12.3. The molecule has 0 amide bonds. The zero-order valence-electron chi connectivity index (χ0n) is 22.1. The van der Waals surface area contributed by atoms with Gasteiger partial charge in [0.15, 0.2) is 6.29 Å². The van der Waals surface area contributed by atoms with Gasteiger partial charge in [-0.25, -0.2) is 0 Å². The smallest absolute Gasteiger partial charge is 0.311 e. The van der Waals surface area contributed by atoms with E-state index in [0.717, 1.165) is 57.6 Å². The lowest BCUT2D eigenvalue weighted by Gasteiger charge is -2.30. The van der Waals surface area contributed by atoms with E-state index in [0.29, 0.717) is 26.2 Å². The summed E-state index contributed by atoms with van der Waals surface area (Å²) in [7, 11) is -2.23. The Morgan fingerprint density at radius 2 is 1.86 bits per heavy atom. The molecule has 1 unspecified atom stereocenters. The number of ether oxygens (including phenoxy) is 4. The number of fused-ring (bicyclic) bond motifs is 1. The zero-order chi connectivity index (χ0) is 26.3. The maximum Gasteiger partial charge on any atom is 0.311 e. The quantitative estimate of drug-likeness (QED) is 0.206. The molecular formula is C28H42O8S. The molecule has 4 rings (SSSR count). The SMILES string of the molecule is COC(=O)[C@@H]1[C@@H]2C[C@@H](CCCCCOCc3ccccc3)[C@@H](OS(C)(=O)=O)[C@@H]2C[C@@H]1OC1CCCCO1. The molecule has 0 spiro atoms. The van der Waals surface area contributed by atoms with Crippen LogP contribution in [0.25, 0.3) is 0 Å². The van der Waals surface area contributed by atoms with Crippen molar-refractivity contribution >= 4 is 16.1 Å². The maximum absolute atomic E-state index is 12.9. The summed E-state index contributed by atoms with van der Waals surface area (Å²) in [5.41, 5.74) is 1.17. The molecule has 2 saturated carbocycles. The minimum Gasteiger partial charge on any atom is -0.469 e. The number of hydrogen-bond donors (Lipinski definition) is 0. The van der Waals surface area contributed by atoms with Crippen LogP contribution in [0.1, 0.15) is 63.4 Å². The van der Waals surface area contributed by atoms with Crippen molar-refractivity contribution in [3.63, 3.8) is 0 Å². The molecule has 0 radical (unpaired) electrons. The summed E-state index contributed by atoms with van der Waals surface area (Å²) in [6.45, 7) is 1.97. The van der Waals surface area contributed by atoms with Crippen molar-refractivity contribution in [3.8, 4) is 0 Å². The van der Waals surface area contributed by atoms with Crippen molar-refractivity contribution in [2.75, 3.05) is 26.6 Å². The van der Waals surface area contributed by atoms with Gasteiger partial charge < -0.3 is 18.9 Å². The second-order valence-electron chi connectivity index (χ2n) is 10.7. The molecule has 2 aliphatic carbocycles. The Bertz CT molecular complexity index is 946. The van der Waals surface area contributed by atoms with Crippen LogP contribution < -0.4 is 0 Å². The van der Waals surface area contributed by atoms with E-state index in [9.17, 15) is 13.2 Å². The second kappa shape index (κ2) is 13.5. The Morgan fingerprint density at radius 3 is 2.57 bits per heavy atom. The molecule has 1 heterocycles. The summed E-state index contributed by atoms with van der Waals surface area (Å²) < 4.78 is 53.0. The fourth-order valence-corrected chi connectivity index (χ4v) is 7.17. The van der Waals surface area contributed by atoms with E-state index in [1.807, 2.05) is 18.2 Å². The highest BCUT2D eigenvalue weighted by molar-refractivity contribution is 7.86. The summed E-state index contributed by atoms with van der Waals surface area (Å²) in [5.74, 6) is -0.724. The monoisotopic (exact) mass is 538 g/mol. The van der Waals surface area contributed by atoms with Crippen LogP contribution in [0.4, 0.5) is 0 Å². The Hall–Kier alpha value is -1.52. The minimum absolute atomic E-state index is 0.0213. The van der Waals surface area contributed by atoms with Gasteiger partial charge in [0.05, 0.1) is 38.1 Å². The highest BCUT2D eigenvalue weighted by atomic mass is 32.2. The van der Waals surface area contributed by atoms with Crippen molar-refractivity contribution in [1.82, 2.24) is 0 Å². The van der Waals surface area contributed by atoms with Crippen molar-refractivity contribution in [2.45, 2.75) is 82.9 Å². The van der Waals surface area contributed by atoms with Crippen LogP contribution in [0.3, 0.4) is 0 Å². The van der Waals surface area contributed by atoms with E-state index in [1.54, 1.807) is 0 Å². The third-order valence-corrected chi connectivity index (χ3v) is 8.65. The van der Waals surface area contributed by atoms with Crippen molar-refractivity contribution in [3.05, 3.63) is 35.9 Å². The molecule has 0 aromatic heterocycles. The molecule has 8 nitrogen and oxygen atoms in total. The Balaban J connectivity index is 1.31. The highest BCUT2D eigenvalue weighted by Crippen LogP contribution is 2.54. The van der Waals surface area contributed by atoms with Crippen LogP contribution in [0, 0.1) is 23.7 Å². The predicted molar refractivity (Wildman–Crippen MR) is 138 cm³/mol. The molecule has 3 fully saturated rings. The predicted octanol–water partition coefficient (Wildman–Crippen LogP) is 4.47. The van der Waals surface area contributed by atoms with Gasteiger partial charge in [-0.05, 0) is 68.3 Å². The summed E-state index contributed by atoms with van der Waals surface area (Å²) in [4.78, 5) is 12.9. The minimum atomic E-state index is -3.64. The van der Waals surface area contributed by atoms with Gasteiger partial charge in [-0.1, -0.05) is 43.2 Å². The number of carbonyl (C=O) groups is 1. The lowest BCUT2D eigenvalue weighted by atomic mass is 9.89. The average molecular weight is 539 g/mol. The first-order chi connectivity index (χ1) is 17.9. The molecule has 7 atom stereocenters. The molecule has 37 heavy (non-hydrogen) atoms. The third-order valence-electron chi connectivity index (χ3n) is 8.08. The first kappa shape index (κ1) is 28.5. The van der Waals surface area contributed by atoms with Gasteiger partial charge >= 0.3 is 5.97 Å². The van der Waals surface area contributed by atoms with Crippen LogP contribution in [0.15, 0.2) is 30.3 Å². The molecule has 3 aliphatic rings. The van der Waals surface area contributed by atoms with Gasteiger partial charge in [0.1, 0.15) is 0 Å². The maximum atomic E-state index is 12.9. The number of benzene rings is 1. The number of rotatable bonds is 13. The van der Waals surface area contributed by atoms with Crippen molar-refractivity contribution < 1.29 is 36.3 Å². The van der Waals surface area contributed by atoms with E-state index in [1.165, 1.54) is 12.7 Å². The first-order valence-corrected chi connectivity index (χ1v) is 15.5. The molecule has 1 aliphatic heterocycles. The van der Waals surface area contributed by atoms with Crippen molar-refractivity contribution in [2.24, 2.45) is 23.7 Å². The van der Waals surface area contributed by atoms with E-state index in [2.05, 4.69) is 12.1 Å². The van der Waals surface area contributed by atoms with Crippen LogP contribution >= 0.6 is 0 Å². The largest absolute Gasteiger partial charge is 0.469 e. The molecule has 0 bridgehead atoms. The van der Waals surface area contributed by atoms with Crippen LogP contribution in [-0.2, 0) is 44.7 Å². The van der Waals surface area contributed by atoms with E-state index < -0.39 is 22.1 Å². The van der Waals surface area contributed by atoms with Crippen molar-refractivity contribution in [1.29, 1.82) is 0 Å². The Labute approximate surface area is 221 Å². The number of methoxy groups -OCH3 is 1. The Morgan fingerprint density at radius 1 is 1.05 bits per heavy atom. The summed E-state index contributed by atoms with van der Waals surface area (Å²) in [5, 5.41) is 0. The molecule has 1 aromatic carbocycles. The first-order valence-electron chi connectivity index (χ1n) is 13.7. The lowest BCUT2D eigenvalue weighted by Crippen LogP contribution is -2.36. The standard InChI is InChI=1S/C28H42O8S/c1-32-28(29)26-22-17-21(13-7-4-9-15-33-19-20-11-5-3-6-12-20)27(36-37(2,30)31)23(22)18-24(26)35-25-14-8-10-16-34-25/h3,5-6,11-12,21-27H,4,7-10,13-19H2,1-2H3/t21-,22-,23-,24+,25?,26-,27-/m1/s1. The number of hydrogen-bond acceptors (Lipinski definition) is 8. The van der Waals surface area contributed by atoms with Gasteiger partial charge in [0.2, 0.25) is 0 Å². The van der Waals surface area contributed by atoms with E-state index in [4.69, 9.17) is 23.1 Å². The molecule has 1 aromatic rings. The zero-order valence-corrected chi connectivity index (χ0v) is 22.9. The van der Waals surface area contributed by atoms with Gasteiger partial charge in [-0.3, -0.25) is 8.98 Å². The normalized spacial score (nSPS) is 31.8. The third kappa shape index (κ3) is 7.99. The fourth-order valence-electron chi connectivity index (χ4n) is 6.47. The van der Waals surface area contributed by atoms with Crippen LogP contribution in [0.5, 0.6) is 0 Å².